The number of carbonyl (C=O) groups excluding carboxylic acids is 2. The highest BCUT2D eigenvalue weighted by molar-refractivity contribution is 5.98. The summed E-state index contributed by atoms with van der Waals surface area (Å²) in [6.45, 7) is 3.17. The van der Waals surface area contributed by atoms with Crippen molar-refractivity contribution >= 4 is 29.2 Å². The number of benzene rings is 1. The SMILES string of the molecule is CC(=O)Nc1cccc(NC(=O)C(C)(CC(=O)O)C2CCCCC2)c1. The topological polar surface area (TPSA) is 95.5 Å². The van der Waals surface area contributed by atoms with Gasteiger partial charge in [-0.25, -0.2) is 0 Å². The fourth-order valence-corrected chi connectivity index (χ4v) is 3.62. The highest BCUT2D eigenvalue weighted by Crippen LogP contribution is 2.42. The van der Waals surface area contributed by atoms with Crippen molar-refractivity contribution in [3.8, 4) is 0 Å². The van der Waals surface area contributed by atoms with Crippen molar-refractivity contribution in [3.63, 3.8) is 0 Å². The van der Waals surface area contributed by atoms with Crippen molar-refractivity contribution in [2.75, 3.05) is 10.6 Å². The summed E-state index contributed by atoms with van der Waals surface area (Å²) in [5.74, 6) is -1.37. The minimum Gasteiger partial charge on any atom is -0.481 e. The third kappa shape index (κ3) is 5.05. The van der Waals surface area contributed by atoms with Gasteiger partial charge in [-0.15, -0.1) is 0 Å². The molecule has 6 nitrogen and oxygen atoms in total. The van der Waals surface area contributed by atoms with Gasteiger partial charge in [0.05, 0.1) is 11.8 Å². The molecule has 1 aliphatic carbocycles. The van der Waals surface area contributed by atoms with Crippen LogP contribution in [0.5, 0.6) is 0 Å². The Bertz CT molecular complexity index is 653. The monoisotopic (exact) mass is 346 g/mol. The second-order valence-corrected chi connectivity index (χ2v) is 7.04. The van der Waals surface area contributed by atoms with Crippen LogP contribution in [0.3, 0.4) is 0 Å². The lowest BCUT2D eigenvalue weighted by molar-refractivity contribution is -0.145. The van der Waals surface area contributed by atoms with E-state index in [0.717, 1.165) is 32.1 Å². The Morgan fingerprint density at radius 2 is 1.72 bits per heavy atom. The molecule has 0 aromatic heterocycles. The van der Waals surface area contributed by atoms with E-state index in [1.165, 1.54) is 6.92 Å². The van der Waals surface area contributed by atoms with Crippen LogP contribution in [0.15, 0.2) is 24.3 Å². The molecule has 0 saturated heterocycles. The highest BCUT2D eigenvalue weighted by atomic mass is 16.4. The lowest BCUT2D eigenvalue weighted by atomic mass is 9.67. The number of carboxylic acid groups (broad SMARTS) is 1. The molecule has 1 aromatic carbocycles. The average molecular weight is 346 g/mol. The summed E-state index contributed by atoms with van der Waals surface area (Å²) >= 11 is 0. The Kier molecular flexibility index (Phi) is 6.17. The summed E-state index contributed by atoms with van der Waals surface area (Å²) in [6.07, 6.45) is 4.78. The van der Waals surface area contributed by atoms with E-state index < -0.39 is 11.4 Å². The first-order chi connectivity index (χ1) is 11.8. The van der Waals surface area contributed by atoms with Gasteiger partial charge in [0.15, 0.2) is 0 Å². The number of anilines is 2. The van der Waals surface area contributed by atoms with Crippen LogP contribution in [0.2, 0.25) is 0 Å². The number of hydrogen-bond acceptors (Lipinski definition) is 3. The van der Waals surface area contributed by atoms with E-state index in [1.807, 2.05) is 0 Å². The molecule has 2 rings (SSSR count). The molecule has 0 heterocycles. The third-order valence-corrected chi connectivity index (χ3v) is 4.98. The quantitative estimate of drug-likeness (QED) is 0.733. The van der Waals surface area contributed by atoms with Crippen molar-refractivity contribution in [3.05, 3.63) is 24.3 Å². The van der Waals surface area contributed by atoms with Gasteiger partial charge in [-0.3, -0.25) is 14.4 Å². The molecule has 2 amide bonds. The lowest BCUT2D eigenvalue weighted by Gasteiger charge is -2.37. The van der Waals surface area contributed by atoms with Crippen LogP contribution in [0, 0.1) is 11.3 Å². The minimum atomic E-state index is -0.963. The van der Waals surface area contributed by atoms with Crippen molar-refractivity contribution in [2.24, 2.45) is 11.3 Å². The molecule has 0 aliphatic heterocycles. The number of carbonyl (C=O) groups is 3. The molecular formula is C19H26N2O4. The van der Waals surface area contributed by atoms with Crippen molar-refractivity contribution in [1.82, 2.24) is 0 Å². The van der Waals surface area contributed by atoms with Crippen LogP contribution >= 0.6 is 0 Å². The van der Waals surface area contributed by atoms with Gasteiger partial charge in [-0.1, -0.05) is 25.3 Å². The Hall–Kier alpha value is -2.37. The first kappa shape index (κ1) is 19.0. The van der Waals surface area contributed by atoms with Gasteiger partial charge in [0.25, 0.3) is 0 Å². The normalized spacial score (nSPS) is 17.4. The molecule has 6 heteroatoms. The summed E-state index contributed by atoms with van der Waals surface area (Å²) in [5.41, 5.74) is 0.183. The smallest absolute Gasteiger partial charge is 0.304 e. The van der Waals surface area contributed by atoms with Crippen LogP contribution < -0.4 is 10.6 Å². The van der Waals surface area contributed by atoms with E-state index in [4.69, 9.17) is 0 Å². The number of hydrogen-bond donors (Lipinski definition) is 3. The molecule has 1 aromatic rings. The van der Waals surface area contributed by atoms with Crippen LogP contribution in [-0.2, 0) is 14.4 Å². The van der Waals surface area contributed by atoms with Gasteiger partial charge < -0.3 is 15.7 Å². The maximum atomic E-state index is 12.9. The zero-order chi connectivity index (χ0) is 18.4. The third-order valence-electron chi connectivity index (χ3n) is 4.98. The second-order valence-electron chi connectivity index (χ2n) is 7.04. The van der Waals surface area contributed by atoms with Crippen LogP contribution in [-0.4, -0.2) is 22.9 Å². The molecule has 1 saturated carbocycles. The number of rotatable bonds is 6. The molecule has 3 N–H and O–H groups in total. The van der Waals surface area contributed by atoms with E-state index in [9.17, 15) is 19.5 Å². The summed E-state index contributed by atoms with van der Waals surface area (Å²) in [5, 5.41) is 14.8. The van der Waals surface area contributed by atoms with E-state index >= 15 is 0 Å². The predicted molar refractivity (Wildman–Crippen MR) is 96.3 cm³/mol. The molecule has 136 valence electrons. The first-order valence-corrected chi connectivity index (χ1v) is 8.72. The van der Waals surface area contributed by atoms with Gasteiger partial charge in [0, 0.05) is 18.3 Å². The predicted octanol–water partition coefficient (Wildman–Crippen LogP) is 3.64. The summed E-state index contributed by atoms with van der Waals surface area (Å²) in [7, 11) is 0. The highest BCUT2D eigenvalue weighted by Gasteiger charge is 2.43. The van der Waals surface area contributed by atoms with E-state index in [2.05, 4.69) is 10.6 Å². The zero-order valence-electron chi connectivity index (χ0n) is 14.8. The van der Waals surface area contributed by atoms with Gasteiger partial charge in [0.2, 0.25) is 11.8 Å². The van der Waals surface area contributed by atoms with E-state index in [0.29, 0.717) is 11.4 Å². The molecule has 0 radical (unpaired) electrons. The first-order valence-electron chi connectivity index (χ1n) is 8.72. The van der Waals surface area contributed by atoms with Crippen LogP contribution in [0.1, 0.15) is 52.4 Å². The molecule has 1 unspecified atom stereocenters. The lowest BCUT2D eigenvalue weighted by Crippen LogP contribution is -2.42. The van der Waals surface area contributed by atoms with Gasteiger partial charge in [-0.05, 0) is 43.9 Å². The van der Waals surface area contributed by atoms with Crippen LogP contribution in [0.25, 0.3) is 0 Å². The molecule has 0 bridgehead atoms. The standard InChI is InChI=1S/C19H26N2O4/c1-13(22)20-15-9-6-10-16(11-15)21-18(25)19(2,12-17(23)24)14-7-4-3-5-8-14/h6,9-11,14H,3-5,7-8,12H2,1-2H3,(H,20,22)(H,21,25)(H,23,24). The maximum absolute atomic E-state index is 12.9. The largest absolute Gasteiger partial charge is 0.481 e. The second kappa shape index (κ2) is 8.14. The molecule has 0 spiro atoms. The summed E-state index contributed by atoms with van der Waals surface area (Å²) in [4.78, 5) is 35.5. The number of carboxylic acids is 1. The minimum absolute atomic E-state index is 0.0656. The fourth-order valence-electron chi connectivity index (χ4n) is 3.62. The van der Waals surface area contributed by atoms with Crippen molar-refractivity contribution < 1.29 is 19.5 Å². The van der Waals surface area contributed by atoms with Gasteiger partial charge in [0.1, 0.15) is 0 Å². The average Bonchev–Trinajstić information content (AvgIpc) is 2.54. The van der Waals surface area contributed by atoms with E-state index in [1.54, 1.807) is 31.2 Å². The van der Waals surface area contributed by atoms with E-state index in [-0.39, 0.29) is 24.2 Å². The van der Waals surface area contributed by atoms with Crippen molar-refractivity contribution in [2.45, 2.75) is 52.4 Å². The molecule has 1 atom stereocenters. The molecule has 25 heavy (non-hydrogen) atoms. The Balaban J connectivity index is 2.18. The molecule has 1 fully saturated rings. The molecular weight excluding hydrogens is 320 g/mol. The summed E-state index contributed by atoms with van der Waals surface area (Å²) < 4.78 is 0. The Morgan fingerprint density at radius 3 is 2.28 bits per heavy atom. The van der Waals surface area contributed by atoms with Gasteiger partial charge >= 0.3 is 5.97 Å². The number of nitrogens with one attached hydrogen (secondary N) is 2. The van der Waals surface area contributed by atoms with Crippen molar-refractivity contribution in [1.29, 1.82) is 0 Å². The molecule has 1 aliphatic rings. The van der Waals surface area contributed by atoms with Crippen LogP contribution in [0.4, 0.5) is 11.4 Å². The number of amides is 2. The maximum Gasteiger partial charge on any atom is 0.304 e. The number of aliphatic carboxylic acids is 1. The Labute approximate surface area is 148 Å². The van der Waals surface area contributed by atoms with Gasteiger partial charge in [-0.2, -0.15) is 0 Å². The Morgan fingerprint density at radius 1 is 1.12 bits per heavy atom. The zero-order valence-corrected chi connectivity index (χ0v) is 14.8. The fraction of sp³-hybridized carbons (Fsp3) is 0.526. The summed E-state index contributed by atoms with van der Waals surface area (Å²) in [6, 6.07) is 6.86.